The number of hydrogen-bond acceptors (Lipinski definition) is 5. The zero-order chi connectivity index (χ0) is 22.5. The van der Waals surface area contributed by atoms with E-state index in [0.29, 0.717) is 23.5 Å². The van der Waals surface area contributed by atoms with E-state index in [-0.39, 0.29) is 23.5 Å². The summed E-state index contributed by atoms with van der Waals surface area (Å²) in [5.74, 6) is 5.36. The molecule has 2 aromatic rings. The van der Waals surface area contributed by atoms with Gasteiger partial charge in [0.1, 0.15) is 17.6 Å². The van der Waals surface area contributed by atoms with Crippen LogP contribution in [0.4, 0.5) is 0 Å². The monoisotopic (exact) mass is 448 g/mol. The highest BCUT2D eigenvalue weighted by Gasteiger charge is 2.69. The van der Waals surface area contributed by atoms with Gasteiger partial charge in [-0.15, -0.1) is 0 Å². The minimum Gasteiger partial charge on any atom is -0.389 e. The van der Waals surface area contributed by atoms with Crippen molar-refractivity contribution in [2.75, 3.05) is 0 Å². The second-order valence-corrected chi connectivity index (χ2v) is 12.4. The number of Topliss-reactive ketones (excluding diaryl/α,β-unsaturated/α-hetero) is 1. The van der Waals surface area contributed by atoms with Crippen LogP contribution < -0.4 is 0 Å². The number of ketones is 1. The first-order chi connectivity index (χ1) is 15.9. The minimum atomic E-state index is -0.330. The molecule has 5 aliphatic carbocycles. The molecule has 2 aromatic heterocycles. The summed E-state index contributed by atoms with van der Waals surface area (Å²) in [5, 5.41) is 19.9. The maximum absolute atomic E-state index is 13.5. The summed E-state index contributed by atoms with van der Waals surface area (Å²) in [6.45, 7) is 4.98. The van der Waals surface area contributed by atoms with Gasteiger partial charge in [0.25, 0.3) is 0 Å². The number of nitrogens with zero attached hydrogens (tertiary/aromatic N) is 4. The number of aliphatic hydroxyl groups is 1. The maximum Gasteiger partial charge on any atom is 0.159 e. The highest BCUT2D eigenvalue weighted by Crippen LogP contribution is 2.70. The summed E-state index contributed by atoms with van der Waals surface area (Å²) in [6.07, 6.45) is 13.0. The quantitative estimate of drug-likeness (QED) is 0.758. The second-order valence-electron chi connectivity index (χ2n) is 12.4. The van der Waals surface area contributed by atoms with E-state index in [9.17, 15) is 9.90 Å². The Morgan fingerprint density at radius 3 is 2.64 bits per heavy atom. The minimum absolute atomic E-state index is 0.126. The zero-order valence-electron chi connectivity index (χ0n) is 19.9. The molecule has 0 aliphatic heterocycles. The first-order valence-electron chi connectivity index (χ1n) is 13.3. The lowest BCUT2D eigenvalue weighted by molar-refractivity contribution is -0.132. The lowest BCUT2D eigenvalue weighted by Crippen LogP contribution is -2.50. The molecule has 6 nitrogen and oxygen atoms in total. The van der Waals surface area contributed by atoms with Gasteiger partial charge in [0.05, 0.1) is 11.8 Å². The lowest BCUT2D eigenvalue weighted by atomic mass is 9.49. The van der Waals surface area contributed by atoms with Crippen LogP contribution in [0.5, 0.6) is 0 Å². The topological polar surface area (TPSA) is 80.9 Å². The van der Waals surface area contributed by atoms with E-state index in [4.69, 9.17) is 0 Å². The Morgan fingerprint density at radius 1 is 1.03 bits per heavy atom. The van der Waals surface area contributed by atoms with E-state index in [1.54, 1.807) is 17.2 Å². The fourth-order valence-corrected chi connectivity index (χ4v) is 9.90. The van der Waals surface area contributed by atoms with Gasteiger partial charge in [0.2, 0.25) is 0 Å². The van der Waals surface area contributed by atoms with Gasteiger partial charge in [-0.2, -0.15) is 15.0 Å². The summed E-state index contributed by atoms with van der Waals surface area (Å²) < 4.78 is 0. The molecule has 0 radical (unpaired) electrons. The summed E-state index contributed by atoms with van der Waals surface area (Å²) >= 11 is 0. The summed E-state index contributed by atoms with van der Waals surface area (Å²) in [5.41, 5.74) is 1.35. The van der Waals surface area contributed by atoms with Crippen molar-refractivity contribution in [3.05, 3.63) is 18.5 Å². The normalized spacial score (nSPS) is 48.0. The lowest BCUT2D eigenvalue weighted by Gasteiger charge is -2.56. The van der Waals surface area contributed by atoms with Gasteiger partial charge in [-0.3, -0.25) is 9.78 Å². The van der Waals surface area contributed by atoms with Gasteiger partial charge in [-0.25, -0.2) is 0 Å². The Hall–Kier alpha value is -1.82. The molecule has 5 fully saturated rings. The summed E-state index contributed by atoms with van der Waals surface area (Å²) in [6, 6.07) is 1.85. The Balaban J connectivity index is 1.09. The number of aromatic nitrogens is 4. The standard InChI is InChI=1S/C27H36N4O2/c1-15-25-19-4-3-18-16(17(19)8-11-27(15,25)33)7-10-26(2)20(18)5-6-21(26)24(32)14-31-29-22-9-12-28-13-23(22)30-31/h9,12-13,15-21,25,33H,3-8,10-11,14H2,1-2H3/t15?,16-,17-,18-,19-,20+,21-,25?,26+,27+/m1/s1. The average Bonchev–Trinajstić information content (AvgIpc) is 3.10. The van der Waals surface area contributed by atoms with Gasteiger partial charge < -0.3 is 5.11 Å². The maximum atomic E-state index is 13.5. The van der Waals surface area contributed by atoms with Crippen LogP contribution >= 0.6 is 0 Å². The van der Waals surface area contributed by atoms with E-state index < -0.39 is 0 Å². The van der Waals surface area contributed by atoms with Gasteiger partial charge in [-0.1, -0.05) is 13.8 Å². The van der Waals surface area contributed by atoms with Crippen molar-refractivity contribution >= 4 is 16.8 Å². The fraction of sp³-hybridized carbons (Fsp3) is 0.778. The molecule has 0 amide bonds. The zero-order valence-corrected chi connectivity index (χ0v) is 19.9. The third-order valence-electron chi connectivity index (χ3n) is 11.5. The predicted molar refractivity (Wildman–Crippen MR) is 124 cm³/mol. The smallest absolute Gasteiger partial charge is 0.159 e. The highest BCUT2D eigenvalue weighted by atomic mass is 16.3. The van der Waals surface area contributed by atoms with Crippen LogP contribution in [0.1, 0.15) is 65.2 Å². The fourth-order valence-electron chi connectivity index (χ4n) is 9.90. The molecule has 176 valence electrons. The molecular formula is C27H36N4O2. The third kappa shape index (κ3) is 2.76. The molecule has 0 saturated heterocycles. The van der Waals surface area contributed by atoms with E-state index in [1.807, 2.05) is 6.07 Å². The average molecular weight is 449 g/mol. The molecule has 33 heavy (non-hydrogen) atoms. The van der Waals surface area contributed by atoms with E-state index in [0.717, 1.165) is 47.5 Å². The van der Waals surface area contributed by atoms with Crippen molar-refractivity contribution in [2.24, 2.45) is 52.8 Å². The van der Waals surface area contributed by atoms with Gasteiger partial charge in [0, 0.05) is 12.1 Å². The van der Waals surface area contributed by atoms with Gasteiger partial charge >= 0.3 is 0 Å². The molecule has 7 rings (SSSR count). The Morgan fingerprint density at radius 2 is 1.79 bits per heavy atom. The molecule has 0 bridgehead atoms. The van der Waals surface area contributed by atoms with Crippen molar-refractivity contribution in [3.8, 4) is 0 Å². The predicted octanol–water partition coefficient (Wildman–Crippen LogP) is 4.27. The molecule has 1 N–H and O–H groups in total. The largest absolute Gasteiger partial charge is 0.389 e. The highest BCUT2D eigenvalue weighted by molar-refractivity contribution is 5.82. The molecule has 2 heterocycles. The Labute approximate surface area is 195 Å². The third-order valence-corrected chi connectivity index (χ3v) is 11.5. The number of fused-ring (bicyclic) bond motifs is 8. The van der Waals surface area contributed by atoms with Crippen molar-refractivity contribution < 1.29 is 9.90 Å². The molecule has 0 spiro atoms. The van der Waals surface area contributed by atoms with Gasteiger partial charge in [-0.05, 0) is 104 Å². The molecule has 5 aliphatic rings. The van der Waals surface area contributed by atoms with Crippen LogP contribution in [-0.2, 0) is 11.3 Å². The Bertz CT molecular complexity index is 1080. The molecule has 6 heteroatoms. The Kier molecular flexibility index (Phi) is 4.27. The van der Waals surface area contributed by atoms with Crippen LogP contribution in [0.3, 0.4) is 0 Å². The van der Waals surface area contributed by atoms with Crippen molar-refractivity contribution in [3.63, 3.8) is 0 Å². The first kappa shape index (κ1) is 20.5. The first-order valence-corrected chi connectivity index (χ1v) is 13.3. The van der Waals surface area contributed by atoms with E-state index >= 15 is 0 Å². The molecular weight excluding hydrogens is 412 g/mol. The van der Waals surface area contributed by atoms with E-state index in [2.05, 4.69) is 29.0 Å². The van der Waals surface area contributed by atoms with Crippen LogP contribution in [0.2, 0.25) is 0 Å². The van der Waals surface area contributed by atoms with Gasteiger partial charge in [0.15, 0.2) is 5.78 Å². The number of carbonyl (C=O) groups is 1. The number of carbonyl (C=O) groups excluding carboxylic acids is 1. The van der Waals surface area contributed by atoms with Crippen LogP contribution in [0, 0.1) is 52.8 Å². The van der Waals surface area contributed by atoms with E-state index in [1.165, 1.54) is 38.5 Å². The molecule has 10 atom stereocenters. The van der Waals surface area contributed by atoms with Crippen molar-refractivity contribution in [1.29, 1.82) is 0 Å². The molecule has 2 unspecified atom stereocenters. The van der Waals surface area contributed by atoms with Crippen molar-refractivity contribution in [2.45, 2.75) is 77.4 Å². The summed E-state index contributed by atoms with van der Waals surface area (Å²) in [7, 11) is 0. The SMILES string of the molecule is CC1C2[C@@H]3CC[C@@H]4[C@H](CC[C@]5(C)[C@@H](C(=O)Cn6nc7ccncc7n6)CC[C@@H]45)[C@H]3CC[C@]12O. The van der Waals surface area contributed by atoms with Crippen molar-refractivity contribution in [1.82, 2.24) is 20.0 Å². The van der Waals surface area contributed by atoms with Crippen LogP contribution in [0.15, 0.2) is 18.5 Å². The number of rotatable bonds is 3. The molecule has 5 saturated carbocycles. The van der Waals surface area contributed by atoms with Crippen LogP contribution in [-0.4, -0.2) is 36.5 Å². The summed E-state index contributed by atoms with van der Waals surface area (Å²) in [4.78, 5) is 19.2. The number of pyridine rings is 1. The second kappa shape index (κ2) is 6.87. The van der Waals surface area contributed by atoms with Crippen LogP contribution in [0.25, 0.3) is 11.0 Å². The molecule has 0 aromatic carbocycles. The number of hydrogen-bond donors (Lipinski definition) is 1.